The van der Waals surface area contributed by atoms with E-state index < -0.39 is 0 Å². The van der Waals surface area contributed by atoms with Crippen LogP contribution >= 0.6 is 0 Å². The number of hydrogen-bond acceptors (Lipinski definition) is 4. The Kier molecular flexibility index (Phi) is 3.72. The van der Waals surface area contributed by atoms with Gasteiger partial charge < -0.3 is 20.1 Å². The molecular weight excluding hydrogens is 232 g/mol. The lowest BCUT2D eigenvalue weighted by Crippen LogP contribution is -2.36. The zero-order valence-electron chi connectivity index (χ0n) is 10.6. The highest BCUT2D eigenvalue weighted by Crippen LogP contribution is 2.29. The summed E-state index contributed by atoms with van der Waals surface area (Å²) in [5, 5.41) is 12.8. The van der Waals surface area contributed by atoms with E-state index in [4.69, 9.17) is 4.74 Å². The maximum Gasteiger partial charge on any atom is 0.255 e. The molecule has 1 amide bonds. The van der Waals surface area contributed by atoms with Crippen LogP contribution in [0, 0.1) is 0 Å². The first kappa shape index (κ1) is 12.7. The Labute approximate surface area is 106 Å². The molecule has 1 aliphatic heterocycles. The van der Waals surface area contributed by atoms with E-state index in [2.05, 4.69) is 10.2 Å². The molecule has 1 aromatic carbocycles. The predicted octanol–water partition coefficient (Wildman–Crippen LogP) is 0.835. The number of rotatable bonds is 3. The van der Waals surface area contributed by atoms with E-state index in [1.165, 1.54) is 7.11 Å². The molecule has 5 heteroatoms. The number of ether oxygens (including phenoxy) is 1. The molecule has 1 aromatic rings. The van der Waals surface area contributed by atoms with Crippen LogP contribution in [0.2, 0.25) is 0 Å². The number of likely N-dealkylation sites (tertiary alicyclic amines) is 1. The monoisotopic (exact) mass is 250 g/mol. The molecule has 5 nitrogen and oxygen atoms in total. The standard InChI is InChI=1S/C13H18N2O3/c1-15-7-6-9(8-15)14-13(17)10-4-3-5-11(18-2)12(10)16/h3-5,9,16H,6-8H2,1-2H3,(H,14,17). The summed E-state index contributed by atoms with van der Waals surface area (Å²) in [6.07, 6.45) is 0.937. The molecule has 1 unspecified atom stereocenters. The molecular formula is C13H18N2O3. The Balaban J connectivity index is 2.09. The van der Waals surface area contributed by atoms with Gasteiger partial charge in [0.1, 0.15) is 0 Å². The molecule has 1 aliphatic rings. The third kappa shape index (κ3) is 2.56. The Morgan fingerprint density at radius 3 is 2.94 bits per heavy atom. The maximum atomic E-state index is 12.1. The largest absolute Gasteiger partial charge is 0.504 e. The normalized spacial score (nSPS) is 19.8. The van der Waals surface area contributed by atoms with E-state index in [1.54, 1.807) is 18.2 Å². The number of phenols is 1. The zero-order chi connectivity index (χ0) is 13.1. The van der Waals surface area contributed by atoms with Gasteiger partial charge in [0.05, 0.1) is 12.7 Å². The molecule has 1 saturated heterocycles. The fourth-order valence-corrected chi connectivity index (χ4v) is 2.19. The average Bonchev–Trinajstić information content (AvgIpc) is 2.75. The Hall–Kier alpha value is -1.75. The van der Waals surface area contributed by atoms with E-state index in [0.29, 0.717) is 5.75 Å². The van der Waals surface area contributed by atoms with Crippen LogP contribution in [0.5, 0.6) is 11.5 Å². The molecule has 0 bridgehead atoms. The summed E-state index contributed by atoms with van der Waals surface area (Å²) in [6, 6.07) is 5.04. The number of hydrogen-bond donors (Lipinski definition) is 2. The van der Waals surface area contributed by atoms with Crippen LogP contribution in [0.15, 0.2) is 18.2 Å². The highest BCUT2D eigenvalue weighted by Gasteiger charge is 2.23. The van der Waals surface area contributed by atoms with Crippen LogP contribution in [0.1, 0.15) is 16.8 Å². The minimum Gasteiger partial charge on any atom is -0.504 e. The molecule has 0 saturated carbocycles. The molecule has 2 N–H and O–H groups in total. The quantitative estimate of drug-likeness (QED) is 0.834. The third-order valence-electron chi connectivity index (χ3n) is 3.19. The van der Waals surface area contributed by atoms with Crippen molar-refractivity contribution in [2.75, 3.05) is 27.2 Å². The van der Waals surface area contributed by atoms with Crippen LogP contribution in [0.25, 0.3) is 0 Å². The van der Waals surface area contributed by atoms with Gasteiger partial charge in [-0.2, -0.15) is 0 Å². The summed E-state index contributed by atoms with van der Waals surface area (Å²) in [6.45, 7) is 1.82. The van der Waals surface area contributed by atoms with Gasteiger partial charge >= 0.3 is 0 Å². The van der Waals surface area contributed by atoms with Crippen molar-refractivity contribution in [2.45, 2.75) is 12.5 Å². The summed E-state index contributed by atoms with van der Waals surface area (Å²) in [5.41, 5.74) is 0.254. The van der Waals surface area contributed by atoms with Gasteiger partial charge in [0.15, 0.2) is 11.5 Å². The number of nitrogens with one attached hydrogen (secondary N) is 1. The van der Waals surface area contributed by atoms with E-state index in [0.717, 1.165) is 19.5 Å². The van der Waals surface area contributed by atoms with E-state index in [-0.39, 0.29) is 23.3 Å². The van der Waals surface area contributed by atoms with Crippen molar-refractivity contribution in [1.82, 2.24) is 10.2 Å². The van der Waals surface area contributed by atoms with Gasteiger partial charge in [0, 0.05) is 12.6 Å². The minimum absolute atomic E-state index is 0.108. The van der Waals surface area contributed by atoms with Gasteiger partial charge in [-0.1, -0.05) is 6.07 Å². The van der Waals surface area contributed by atoms with Gasteiger partial charge in [-0.3, -0.25) is 4.79 Å². The predicted molar refractivity (Wildman–Crippen MR) is 68.0 cm³/mol. The first-order valence-electron chi connectivity index (χ1n) is 5.97. The van der Waals surface area contributed by atoms with Gasteiger partial charge in [-0.25, -0.2) is 0 Å². The lowest BCUT2D eigenvalue weighted by molar-refractivity contribution is 0.0935. The van der Waals surface area contributed by atoms with E-state index in [9.17, 15) is 9.90 Å². The fourth-order valence-electron chi connectivity index (χ4n) is 2.19. The molecule has 18 heavy (non-hydrogen) atoms. The fraction of sp³-hybridized carbons (Fsp3) is 0.462. The molecule has 2 rings (SSSR count). The molecule has 0 radical (unpaired) electrons. The summed E-state index contributed by atoms with van der Waals surface area (Å²) in [4.78, 5) is 14.2. The molecule has 98 valence electrons. The second-order valence-electron chi connectivity index (χ2n) is 4.58. The lowest BCUT2D eigenvalue weighted by atomic mass is 10.1. The van der Waals surface area contributed by atoms with Crippen molar-refractivity contribution in [3.63, 3.8) is 0 Å². The summed E-state index contributed by atoms with van der Waals surface area (Å²) < 4.78 is 4.98. The van der Waals surface area contributed by atoms with Gasteiger partial charge in [-0.05, 0) is 32.1 Å². The van der Waals surface area contributed by atoms with Crippen LogP contribution in [0.3, 0.4) is 0 Å². The molecule has 0 aliphatic carbocycles. The summed E-state index contributed by atoms with van der Waals surface area (Å²) >= 11 is 0. The lowest BCUT2D eigenvalue weighted by Gasteiger charge is -2.14. The Morgan fingerprint density at radius 2 is 2.33 bits per heavy atom. The summed E-state index contributed by atoms with van der Waals surface area (Å²) in [7, 11) is 3.48. The number of para-hydroxylation sites is 1. The Morgan fingerprint density at radius 1 is 1.56 bits per heavy atom. The number of aromatic hydroxyl groups is 1. The Bertz CT molecular complexity index is 448. The first-order chi connectivity index (χ1) is 8.61. The number of phenolic OH excluding ortho intramolecular Hbond substituents is 1. The van der Waals surface area contributed by atoms with Crippen LogP contribution in [0.4, 0.5) is 0 Å². The molecule has 1 heterocycles. The van der Waals surface area contributed by atoms with Crippen LogP contribution in [-0.2, 0) is 0 Å². The smallest absolute Gasteiger partial charge is 0.255 e. The molecule has 0 spiro atoms. The highest BCUT2D eigenvalue weighted by molar-refractivity contribution is 5.97. The topological polar surface area (TPSA) is 61.8 Å². The second kappa shape index (κ2) is 5.27. The number of carbonyl (C=O) groups excluding carboxylic acids is 1. The van der Waals surface area contributed by atoms with E-state index in [1.807, 2.05) is 7.05 Å². The number of likely N-dealkylation sites (N-methyl/N-ethyl adjacent to an activating group) is 1. The molecule has 0 aromatic heterocycles. The highest BCUT2D eigenvalue weighted by atomic mass is 16.5. The molecule has 1 fully saturated rings. The number of methoxy groups -OCH3 is 1. The van der Waals surface area contributed by atoms with Crippen molar-refractivity contribution in [2.24, 2.45) is 0 Å². The maximum absolute atomic E-state index is 12.1. The van der Waals surface area contributed by atoms with Crippen LogP contribution < -0.4 is 10.1 Å². The molecule has 1 atom stereocenters. The summed E-state index contributed by atoms with van der Waals surface area (Å²) in [5.74, 6) is -0.0539. The number of benzene rings is 1. The average molecular weight is 250 g/mol. The van der Waals surface area contributed by atoms with Gasteiger partial charge in [-0.15, -0.1) is 0 Å². The van der Waals surface area contributed by atoms with Crippen molar-refractivity contribution in [1.29, 1.82) is 0 Å². The van der Waals surface area contributed by atoms with Crippen molar-refractivity contribution in [3.05, 3.63) is 23.8 Å². The number of amides is 1. The van der Waals surface area contributed by atoms with Gasteiger partial charge in [0.25, 0.3) is 5.91 Å². The van der Waals surface area contributed by atoms with Crippen molar-refractivity contribution < 1.29 is 14.6 Å². The van der Waals surface area contributed by atoms with Crippen molar-refractivity contribution in [3.8, 4) is 11.5 Å². The number of nitrogens with zero attached hydrogens (tertiary/aromatic N) is 1. The van der Waals surface area contributed by atoms with Crippen molar-refractivity contribution >= 4 is 5.91 Å². The van der Waals surface area contributed by atoms with E-state index >= 15 is 0 Å². The number of carbonyl (C=O) groups is 1. The third-order valence-corrected chi connectivity index (χ3v) is 3.19. The second-order valence-corrected chi connectivity index (χ2v) is 4.58. The zero-order valence-corrected chi connectivity index (χ0v) is 10.6. The SMILES string of the molecule is COc1cccc(C(=O)NC2CCN(C)C2)c1O. The minimum atomic E-state index is -0.258. The van der Waals surface area contributed by atoms with Crippen LogP contribution in [-0.4, -0.2) is 49.2 Å². The van der Waals surface area contributed by atoms with Gasteiger partial charge in [0.2, 0.25) is 0 Å². The first-order valence-corrected chi connectivity index (χ1v) is 5.97.